The molecule has 0 aliphatic carbocycles. The lowest BCUT2D eigenvalue weighted by atomic mass is 10.1. The van der Waals surface area contributed by atoms with Gasteiger partial charge in [-0.05, 0) is 43.8 Å². The summed E-state index contributed by atoms with van der Waals surface area (Å²) in [7, 11) is 5.12. The van der Waals surface area contributed by atoms with Gasteiger partial charge in [-0.1, -0.05) is 48.5 Å². The van der Waals surface area contributed by atoms with E-state index in [9.17, 15) is 9.59 Å². The molecule has 0 saturated carbocycles. The van der Waals surface area contributed by atoms with Crippen molar-refractivity contribution in [3.8, 4) is 17.2 Å². The molecule has 186 valence electrons. The maximum Gasteiger partial charge on any atom is 0.279 e. The van der Waals surface area contributed by atoms with Crippen LogP contribution in [0.15, 0.2) is 77.6 Å². The van der Waals surface area contributed by atoms with E-state index in [2.05, 4.69) is 34.5 Å². The summed E-state index contributed by atoms with van der Waals surface area (Å²) in [5, 5.41) is 8.33. The topological polar surface area (TPSA) is 85.7 Å². The third-order valence-corrected chi connectivity index (χ3v) is 5.93. The van der Waals surface area contributed by atoms with Crippen LogP contribution in [0.4, 0.5) is 0 Å². The Hall–Kier alpha value is -4.17. The van der Waals surface area contributed by atoms with Crippen molar-refractivity contribution in [1.29, 1.82) is 0 Å². The van der Waals surface area contributed by atoms with Gasteiger partial charge in [-0.15, -0.1) is 0 Å². The first-order valence-corrected chi connectivity index (χ1v) is 11.8. The van der Waals surface area contributed by atoms with Crippen molar-refractivity contribution < 1.29 is 14.3 Å². The Labute approximate surface area is 210 Å². The molecule has 0 unspecified atom stereocenters. The Morgan fingerprint density at radius 1 is 0.972 bits per heavy atom. The Kier molecular flexibility index (Phi) is 7.97. The maximum absolute atomic E-state index is 13.3. The summed E-state index contributed by atoms with van der Waals surface area (Å²) < 4.78 is 11.9. The predicted octanol–water partition coefficient (Wildman–Crippen LogP) is 3.65. The summed E-state index contributed by atoms with van der Waals surface area (Å²) in [4.78, 5) is 28.7. The number of hydrogen-bond donors (Lipinski definition) is 1. The van der Waals surface area contributed by atoms with E-state index in [-0.39, 0.29) is 17.2 Å². The second-order valence-corrected chi connectivity index (χ2v) is 8.48. The second kappa shape index (κ2) is 11.5. The maximum atomic E-state index is 13.3. The number of rotatable bonds is 10. The highest BCUT2D eigenvalue weighted by atomic mass is 16.5. The van der Waals surface area contributed by atoms with Crippen LogP contribution in [0.5, 0.6) is 11.5 Å². The minimum absolute atomic E-state index is 0.181. The number of carbonyl (C=O) groups excluding carboxylic acids is 1. The first kappa shape index (κ1) is 24.9. The molecule has 1 amide bonds. The number of nitrogens with zero attached hydrogens (tertiary/aromatic N) is 3. The van der Waals surface area contributed by atoms with Gasteiger partial charge in [0.25, 0.3) is 11.5 Å². The first-order chi connectivity index (χ1) is 17.5. The van der Waals surface area contributed by atoms with Crippen LogP contribution in [0.3, 0.4) is 0 Å². The average molecular weight is 487 g/mol. The van der Waals surface area contributed by atoms with E-state index in [1.807, 2.05) is 18.2 Å². The lowest BCUT2D eigenvalue weighted by molar-refractivity contribution is 0.0947. The van der Waals surface area contributed by atoms with Crippen LogP contribution in [0, 0.1) is 0 Å². The quantitative estimate of drug-likeness (QED) is 0.345. The summed E-state index contributed by atoms with van der Waals surface area (Å²) in [6.07, 6.45) is 0.777. The summed E-state index contributed by atoms with van der Waals surface area (Å²) in [5.74, 6) is 0.657. The molecule has 0 aliphatic rings. The summed E-state index contributed by atoms with van der Waals surface area (Å²) in [5.41, 5.74) is 1.51. The van der Waals surface area contributed by atoms with Gasteiger partial charge in [0.05, 0.1) is 19.6 Å². The molecule has 0 saturated heterocycles. The Morgan fingerprint density at radius 2 is 1.69 bits per heavy atom. The van der Waals surface area contributed by atoms with Crippen LogP contribution < -0.4 is 20.3 Å². The number of ether oxygens (including phenoxy) is 2. The van der Waals surface area contributed by atoms with E-state index in [1.165, 1.54) is 17.4 Å². The van der Waals surface area contributed by atoms with E-state index < -0.39 is 0 Å². The number of carbonyl (C=O) groups is 1. The summed E-state index contributed by atoms with van der Waals surface area (Å²) in [6, 6.07) is 22.3. The number of aromatic nitrogens is 2. The highest BCUT2D eigenvalue weighted by molar-refractivity contribution is 6.04. The molecular formula is C28H30N4O4. The molecular weight excluding hydrogens is 456 g/mol. The zero-order valence-electron chi connectivity index (χ0n) is 20.7. The van der Waals surface area contributed by atoms with Crippen molar-refractivity contribution in [2.75, 3.05) is 34.4 Å². The van der Waals surface area contributed by atoms with Crippen molar-refractivity contribution in [2.45, 2.75) is 13.0 Å². The number of benzene rings is 3. The van der Waals surface area contributed by atoms with Crippen LogP contribution in [0.25, 0.3) is 16.5 Å². The first-order valence-electron chi connectivity index (χ1n) is 11.8. The molecule has 0 aliphatic heterocycles. The number of nitrogens with one attached hydrogen (secondary N) is 1. The predicted molar refractivity (Wildman–Crippen MR) is 140 cm³/mol. The molecule has 1 heterocycles. The molecule has 3 aromatic carbocycles. The zero-order valence-corrected chi connectivity index (χ0v) is 20.7. The van der Waals surface area contributed by atoms with E-state index in [1.54, 1.807) is 49.6 Å². The standard InChI is InChI=1S/C28H30N4O4/c1-31(19-20-10-5-4-6-11-20)17-9-16-29-27(33)26-22-12-7-8-13-23(22)28(34)32(30-26)24-15-14-21(35-2)18-25(24)36-3/h4-8,10-15,18H,9,16-17,19H2,1-3H3,(H,29,33). The smallest absolute Gasteiger partial charge is 0.279 e. The third kappa shape index (κ3) is 5.55. The molecule has 0 spiro atoms. The van der Waals surface area contributed by atoms with Crippen molar-refractivity contribution in [3.05, 3.63) is 94.4 Å². The molecule has 4 aromatic rings. The third-order valence-electron chi connectivity index (χ3n) is 5.93. The number of amides is 1. The fraction of sp³-hybridized carbons (Fsp3) is 0.250. The lowest BCUT2D eigenvalue weighted by Crippen LogP contribution is -2.32. The Balaban J connectivity index is 1.54. The van der Waals surface area contributed by atoms with Crippen molar-refractivity contribution in [1.82, 2.24) is 20.0 Å². The van der Waals surface area contributed by atoms with Crippen molar-refractivity contribution in [2.24, 2.45) is 0 Å². The average Bonchev–Trinajstić information content (AvgIpc) is 2.91. The normalized spacial score (nSPS) is 11.0. The molecule has 0 bridgehead atoms. The number of hydrogen-bond acceptors (Lipinski definition) is 6. The van der Waals surface area contributed by atoms with E-state index in [4.69, 9.17) is 9.47 Å². The highest BCUT2D eigenvalue weighted by Gasteiger charge is 2.19. The summed E-state index contributed by atoms with van der Waals surface area (Å²) in [6.45, 7) is 2.15. The molecule has 1 N–H and O–H groups in total. The van der Waals surface area contributed by atoms with Gasteiger partial charge in [-0.3, -0.25) is 9.59 Å². The van der Waals surface area contributed by atoms with Crippen LogP contribution in [0.2, 0.25) is 0 Å². The van der Waals surface area contributed by atoms with Crippen LogP contribution in [0.1, 0.15) is 22.5 Å². The van der Waals surface area contributed by atoms with Gasteiger partial charge < -0.3 is 19.7 Å². The van der Waals surface area contributed by atoms with Crippen molar-refractivity contribution >= 4 is 16.7 Å². The largest absolute Gasteiger partial charge is 0.497 e. The fourth-order valence-electron chi connectivity index (χ4n) is 4.09. The van der Waals surface area contributed by atoms with Gasteiger partial charge >= 0.3 is 0 Å². The minimum atomic E-state index is -0.340. The SMILES string of the molecule is COc1ccc(-n2nc(C(=O)NCCCN(C)Cc3ccccc3)c3ccccc3c2=O)c(OC)c1. The monoisotopic (exact) mass is 486 g/mol. The van der Waals surface area contributed by atoms with Crippen LogP contribution >= 0.6 is 0 Å². The van der Waals surface area contributed by atoms with Gasteiger partial charge in [-0.25, -0.2) is 0 Å². The summed E-state index contributed by atoms with van der Waals surface area (Å²) >= 11 is 0. The molecule has 0 atom stereocenters. The number of fused-ring (bicyclic) bond motifs is 1. The fourth-order valence-corrected chi connectivity index (χ4v) is 4.09. The zero-order chi connectivity index (χ0) is 25.5. The van der Waals surface area contributed by atoms with E-state index in [0.29, 0.717) is 34.5 Å². The molecule has 0 fully saturated rings. The van der Waals surface area contributed by atoms with Gasteiger partial charge in [0.2, 0.25) is 0 Å². The van der Waals surface area contributed by atoms with Gasteiger partial charge in [0.15, 0.2) is 5.69 Å². The highest BCUT2D eigenvalue weighted by Crippen LogP contribution is 2.27. The van der Waals surface area contributed by atoms with Crippen LogP contribution in [-0.2, 0) is 6.54 Å². The molecule has 4 rings (SSSR count). The Bertz CT molecular complexity index is 1400. The molecule has 8 heteroatoms. The van der Waals surface area contributed by atoms with Crippen LogP contribution in [-0.4, -0.2) is 54.9 Å². The molecule has 0 radical (unpaired) electrons. The van der Waals surface area contributed by atoms with Gasteiger partial charge in [0, 0.05) is 24.5 Å². The molecule has 8 nitrogen and oxygen atoms in total. The number of methoxy groups -OCH3 is 2. The molecule has 1 aromatic heterocycles. The second-order valence-electron chi connectivity index (χ2n) is 8.48. The van der Waals surface area contributed by atoms with Gasteiger partial charge in [-0.2, -0.15) is 9.78 Å². The van der Waals surface area contributed by atoms with E-state index >= 15 is 0 Å². The lowest BCUT2D eigenvalue weighted by Gasteiger charge is -2.17. The van der Waals surface area contributed by atoms with E-state index in [0.717, 1.165) is 19.5 Å². The Morgan fingerprint density at radius 3 is 2.42 bits per heavy atom. The minimum Gasteiger partial charge on any atom is -0.497 e. The molecule has 36 heavy (non-hydrogen) atoms. The van der Waals surface area contributed by atoms with Gasteiger partial charge in [0.1, 0.15) is 17.2 Å². The van der Waals surface area contributed by atoms with Crippen molar-refractivity contribution in [3.63, 3.8) is 0 Å².